The number of rotatable bonds is 2. The van der Waals surface area contributed by atoms with Crippen molar-refractivity contribution in [1.82, 2.24) is 10.2 Å². The van der Waals surface area contributed by atoms with Crippen LogP contribution in [0, 0.1) is 6.92 Å². The molecule has 0 aromatic heterocycles. The van der Waals surface area contributed by atoms with Crippen LogP contribution < -0.4 is 5.32 Å². The molecule has 1 N–H and O–H groups in total. The molecule has 2 atom stereocenters. The summed E-state index contributed by atoms with van der Waals surface area (Å²) >= 11 is 0. The molecule has 2 nitrogen and oxygen atoms in total. The fraction of sp³-hybridized carbons (Fsp3) is 0.538. The molecule has 3 heterocycles. The fourth-order valence-electron chi connectivity index (χ4n) is 2.76. The maximum Gasteiger partial charge on any atom is 0.0237 e. The van der Waals surface area contributed by atoms with Crippen LogP contribution >= 0.6 is 0 Å². The van der Waals surface area contributed by atoms with Gasteiger partial charge in [0.15, 0.2) is 0 Å². The van der Waals surface area contributed by atoms with Crippen molar-refractivity contribution in [3.05, 3.63) is 35.4 Å². The van der Waals surface area contributed by atoms with Gasteiger partial charge in [0.05, 0.1) is 0 Å². The summed E-state index contributed by atoms with van der Waals surface area (Å²) in [4.78, 5) is 2.58. The van der Waals surface area contributed by atoms with Crippen molar-refractivity contribution in [2.24, 2.45) is 0 Å². The molecule has 1 aromatic carbocycles. The Morgan fingerprint density at radius 3 is 2.60 bits per heavy atom. The third kappa shape index (κ3) is 1.80. The Labute approximate surface area is 91.3 Å². The molecular weight excluding hydrogens is 184 g/mol. The van der Waals surface area contributed by atoms with Gasteiger partial charge < -0.3 is 5.32 Å². The average molecular weight is 202 g/mol. The molecular formula is C13H18N2. The van der Waals surface area contributed by atoms with Crippen LogP contribution in [-0.2, 0) is 6.54 Å². The van der Waals surface area contributed by atoms with E-state index in [-0.39, 0.29) is 0 Å². The highest BCUT2D eigenvalue weighted by Gasteiger charge is 2.36. The van der Waals surface area contributed by atoms with Gasteiger partial charge in [0, 0.05) is 31.7 Å². The largest absolute Gasteiger partial charge is 0.309 e. The van der Waals surface area contributed by atoms with Crippen LogP contribution in [0.4, 0.5) is 0 Å². The first-order valence-corrected chi connectivity index (χ1v) is 5.84. The molecule has 2 unspecified atom stereocenters. The minimum Gasteiger partial charge on any atom is -0.309 e. The van der Waals surface area contributed by atoms with E-state index in [1.807, 2.05) is 0 Å². The van der Waals surface area contributed by atoms with Gasteiger partial charge >= 0.3 is 0 Å². The van der Waals surface area contributed by atoms with E-state index >= 15 is 0 Å². The molecule has 1 aromatic rings. The van der Waals surface area contributed by atoms with Crippen molar-refractivity contribution in [1.29, 1.82) is 0 Å². The van der Waals surface area contributed by atoms with Crippen LogP contribution in [0.1, 0.15) is 17.5 Å². The Kier molecular flexibility index (Phi) is 2.26. The van der Waals surface area contributed by atoms with Gasteiger partial charge in [-0.25, -0.2) is 0 Å². The average Bonchev–Trinajstić information content (AvgIpc) is 2.21. The van der Waals surface area contributed by atoms with Gasteiger partial charge in [0.2, 0.25) is 0 Å². The van der Waals surface area contributed by atoms with E-state index in [9.17, 15) is 0 Å². The number of hydrogen-bond acceptors (Lipinski definition) is 2. The first kappa shape index (κ1) is 9.37. The predicted molar refractivity (Wildman–Crippen MR) is 61.8 cm³/mol. The lowest BCUT2D eigenvalue weighted by Gasteiger charge is -2.48. The lowest BCUT2D eigenvalue weighted by Crippen LogP contribution is -2.66. The van der Waals surface area contributed by atoms with Gasteiger partial charge in [-0.15, -0.1) is 0 Å². The summed E-state index contributed by atoms with van der Waals surface area (Å²) in [5.41, 5.74) is 2.91. The Morgan fingerprint density at radius 2 is 1.93 bits per heavy atom. The van der Waals surface area contributed by atoms with E-state index in [1.165, 1.54) is 30.6 Å². The Morgan fingerprint density at radius 1 is 1.27 bits per heavy atom. The summed E-state index contributed by atoms with van der Waals surface area (Å²) in [6.07, 6.45) is 1.39. The quantitative estimate of drug-likeness (QED) is 0.782. The van der Waals surface area contributed by atoms with Crippen LogP contribution in [-0.4, -0.2) is 30.1 Å². The van der Waals surface area contributed by atoms with Gasteiger partial charge in [-0.2, -0.15) is 0 Å². The van der Waals surface area contributed by atoms with Crippen LogP contribution in [0.25, 0.3) is 0 Å². The molecule has 2 heteroatoms. The molecule has 2 bridgehead atoms. The highest BCUT2D eigenvalue weighted by molar-refractivity contribution is 5.25. The van der Waals surface area contributed by atoms with Crippen molar-refractivity contribution in [3.63, 3.8) is 0 Å². The molecule has 3 fully saturated rings. The molecule has 0 radical (unpaired) electrons. The van der Waals surface area contributed by atoms with Crippen molar-refractivity contribution < 1.29 is 0 Å². The second kappa shape index (κ2) is 3.62. The predicted octanol–water partition coefficient (Wildman–Crippen LogP) is 1.54. The number of piperidine rings is 1. The van der Waals surface area contributed by atoms with Gasteiger partial charge in [-0.1, -0.05) is 24.3 Å². The molecule has 3 saturated heterocycles. The summed E-state index contributed by atoms with van der Waals surface area (Å²) < 4.78 is 0. The van der Waals surface area contributed by atoms with Crippen molar-refractivity contribution in [2.45, 2.75) is 32.0 Å². The molecule has 0 saturated carbocycles. The first-order valence-electron chi connectivity index (χ1n) is 5.84. The van der Waals surface area contributed by atoms with Crippen molar-refractivity contribution in [2.75, 3.05) is 13.1 Å². The molecule has 80 valence electrons. The van der Waals surface area contributed by atoms with E-state index in [0.717, 1.165) is 18.6 Å². The molecule has 0 amide bonds. The molecule has 3 aliphatic rings. The standard InChI is InChI=1S/C13H18N2/c1-10-4-2-3-5-11(10)7-15-8-12-6-13(9-15)14-12/h2-5,12-14H,6-9H2,1H3. The van der Waals surface area contributed by atoms with Gasteiger partial charge in [-0.05, 0) is 24.5 Å². The maximum atomic E-state index is 3.57. The molecule has 15 heavy (non-hydrogen) atoms. The summed E-state index contributed by atoms with van der Waals surface area (Å²) in [5, 5.41) is 3.57. The monoisotopic (exact) mass is 202 g/mol. The molecule has 4 rings (SSSR count). The number of nitrogens with zero attached hydrogens (tertiary/aromatic N) is 1. The normalized spacial score (nSPS) is 29.9. The van der Waals surface area contributed by atoms with E-state index in [0.29, 0.717) is 0 Å². The van der Waals surface area contributed by atoms with E-state index in [4.69, 9.17) is 0 Å². The number of nitrogens with one attached hydrogen (secondary N) is 1. The summed E-state index contributed by atoms with van der Waals surface area (Å²) in [6.45, 7) is 5.79. The summed E-state index contributed by atoms with van der Waals surface area (Å²) in [5.74, 6) is 0. The zero-order valence-electron chi connectivity index (χ0n) is 9.24. The summed E-state index contributed by atoms with van der Waals surface area (Å²) in [6, 6.07) is 10.3. The third-order valence-electron chi connectivity index (χ3n) is 3.65. The lowest BCUT2D eigenvalue weighted by atomic mass is 9.91. The highest BCUT2D eigenvalue weighted by atomic mass is 15.3. The fourth-order valence-corrected chi connectivity index (χ4v) is 2.76. The SMILES string of the molecule is Cc1ccccc1CN1CC2CC(C1)N2. The smallest absolute Gasteiger partial charge is 0.0237 e. The maximum absolute atomic E-state index is 3.57. The van der Waals surface area contributed by atoms with Crippen molar-refractivity contribution >= 4 is 0 Å². The molecule has 3 aliphatic heterocycles. The van der Waals surface area contributed by atoms with Crippen LogP contribution in [0.15, 0.2) is 24.3 Å². The Balaban J connectivity index is 1.68. The number of fused-ring (bicyclic) bond motifs is 2. The van der Waals surface area contributed by atoms with Crippen LogP contribution in [0.3, 0.4) is 0 Å². The van der Waals surface area contributed by atoms with Crippen LogP contribution in [0.2, 0.25) is 0 Å². The Hall–Kier alpha value is -0.860. The minimum atomic E-state index is 0.771. The number of aryl methyl sites for hydroxylation is 1. The number of hydrogen-bond donors (Lipinski definition) is 1. The number of piperazine rings is 1. The van der Waals surface area contributed by atoms with Gasteiger partial charge in [-0.3, -0.25) is 4.90 Å². The van der Waals surface area contributed by atoms with E-state index in [1.54, 1.807) is 0 Å². The van der Waals surface area contributed by atoms with E-state index in [2.05, 4.69) is 41.4 Å². The third-order valence-corrected chi connectivity index (χ3v) is 3.65. The zero-order valence-corrected chi connectivity index (χ0v) is 9.24. The zero-order chi connectivity index (χ0) is 10.3. The molecule has 0 spiro atoms. The highest BCUT2D eigenvalue weighted by Crippen LogP contribution is 2.22. The number of benzene rings is 1. The Bertz CT molecular complexity index is 345. The summed E-state index contributed by atoms with van der Waals surface area (Å²) in [7, 11) is 0. The minimum absolute atomic E-state index is 0.771. The van der Waals surface area contributed by atoms with E-state index < -0.39 is 0 Å². The van der Waals surface area contributed by atoms with Gasteiger partial charge in [0.1, 0.15) is 0 Å². The lowest BCUT2D eigenvalue weighted by molar-refractivity contribution is 0.0725. The van der Waals surface area contributed by atoms with Crippen molar-refractivity contribution in [3.8, 4) is 0 Å². The second-order valence-electron chi connectivity index (χ2n) is 4.92. The second-order valence-corrected chi connectivity index (χ2v) is 4.92. The first-order chi connectivity index (χ1) is 7.31. The van der Waals surface area contributed by atoms with Gasteiger partial charge in [0.25, 0.3) is 0 Å². The van der Waals surface area contributed by atoms with Crippen LogP contribution in [0.5, 0.6) is 0 Å². The molecule has 0 aliphatic carbocycles. The topological polar surface area (TPSA) is 15.3 Å².